The summed E-state index contributed by atoms with van der Waals surface area (Å²) in [5, 5.41) is 2.07. The van der Waals surface area contributed by atoms with Crippen LogP contribution in [0.1, 0.15) is 29.3 Å². The second-order valence-electron chi connectivity index (χ2n) is 5.36. The van der Waals surface area contributed by atoms with E-state index in [1.54, 1.807) is 11.3 Å². The number of aryl methyl sites for hydroxylation is 1. The summed E-state index contributed by atoms with van der Waals surface area (Å²) in [4.78, 5) is 15.6. The Hall–Kier alpha value is -1.81. The van der Waals surface area contributed by atoms with Crippen molar-refractivity contribution in [1.29, 1.82) is 0 Å². The SMILES string of the molecule is Cc1ccc(OCC(=O)N2CCCC2c2cccs2)cc1. The topological polar surface area (TPSA) is 29.5 Å². The van der Waals surface area contributed by atoms with E-state index in [1.165, 1.54) is 10.4 Å². The Balaban J connectivity index is 1.61. The maximum absolute atomic E-state index is 12.4. The summed E-state index contributed by atoms with van der Waals surface area (Å²) in [7, 11) is 0. The van der Waals surface area contributed by atoms with Crippen LogP contribution in [0.25, 0.3) is 0 Å². The lowest BCUT2D eigenvalue weighted by Gasteiger charge is -2.23. The number of carbonyl (C=O) groups is 1. The van der Waals surface area contributed by atoms with E-state index in [0.29, 0.717) is 0 Å². The zero-order valence-corrected chi connectivity index (χ0v) is 12.9. The van der Waals surface area contributed by atoms with E-state index < -0.39 is 0 Å². The van der Waals surface area contributed by atoms with Gasteiger partial charge in [-0.1, -0.05) is 23.8 Å². The molecule has 1 aromatic heterocycles. The van der Waals surface area contributed by atoms with Crippen LogP contribution in [-0.4, -0.2) is 24.0 Å². The number of nitrogens with zero attached hydrogens (tertiary/aromatic N) is 1. The van der Waals surface area contributed by atoms with Crippen molar-refractivity contribution in [2.24, 2.45) is 0 Å². The molecule has 4 heteroatoms. The number of hydrogen-bond donors (Lipinski definition) is 0. The van der Waals surface area contributed by atoms with Crippen molar-refractivity contribution in [3.05, 3.63) is 52.2 Å². The molecular weight excluding hydrogens is 282 g/mol. The van der Waals surface area contributed by atoms with E-state index in [1.807, 2.05) is 42.2 Å². The minimum Gasteiger partial charge on any atom is -0.484 e. The summed E-state index contributed by atoms with van der Waals surface area (Å²) < 4.78 is 5.61. The van der Waals surface area contributed by atoms with Crippen molar-refractivity contribution in [1.82, 2.24) is 4.90 Å². The molecule has 0 aliphatic carbocycles. The summed E-state index contributed by atoms with van der Waals surface area (Å²) in [6, 6.07) is 12.2. The Labute approximate surface area is 129 Å². The van der Waals surface area contributed by atoms with Crippen LogP contribution < -0.4 is 4.74 Å². The van der Waals surface area contributed by atoms with Crippen molar-refractivity contribution in [2.45, 2.75) is 25.8 Å². The maximum atomic E-state index is 12.4. The molecule has 0 N–H and O–H groups in total. The third kappa shape index (κ3) is 3.27. The highest BCUT2D eigenvalue weighted by Crippen LogP contribution is 2.34. The van der Waals surface area contributed by atoms with Gasteiger partial charge in [-0.2, -0.15) is 0 Å². The van der Waals surface area contributed by atoms with Gasteiger partial charge < -0.3 is 9.64 Å². The van der Waals surface area contributed by atoms with E-state index in [9.17, 15) is 4.79 Å². The number of benzene rings is 1. The third-order valence-electron chi connectivity index (χ3n) is 3.83. The molecule has 0 spiro atoms. The number of amides is 1. The molecule has 1 aliphatic heterocycles. The molecule has 110 valence electrons. The van der Waals surface area contributed by atoms with Gasteiger partial charge in [-0.25, -0.2) is 0 Å². The van der Waals surface area contributed by atoms with Crippen molar-refractivity contribution in [2.75, 3.05) is 13.2 Å². The van der Waals surface area contributed by atoms with Gasteiger partial charge in [-0.15, -0.1) is 11.3 Å². The van der Waals surface area contributed by atoms with Gasteiger partial charge in [0, 0.05) is 11.4 Å². The van der Waals surface area contributed by atoms with Gasteiger partial charge in [-0.05, 0) is 43.3 Å². The van der Waals surface area contributed by atoms with E-state index in [0.717, 1.165) is 25.1 Å². The summed E-state index contributed by atoms with van der Waals surface area (Å²) in [5.74, 6) is 0.826. The van der Waals surface area contributed by atoms with Crippen LogP contribution in [-0.2, 0) is 4.79 Å². The lowest BCUT2D eigenvalue weighted by atomic mass is 10.2. The van der Waals surface area contributed by atoms with Gasteiger partial charge in [0.15, 0.2) is 6.61 Å². The van der Waals surface area contributed by atoms with E-state index >= 15 is 0 Å². The first-order valence-corrected chi connectivity index (χ1v) is 8.14. The predicted octanol–water partition coefficient (Wildman–Crippen LogP) is 3.80. The fraction of sp³-hybridized carbons (Fsp3) is 0.353. The number of thiophene rings is 1. The molecule has 1 amide bonds. The Bertz CT molecular complexity index is 592. The maximum Gasteiger partial charge on any atom is 0.261 e. The molecule has 21 heavy (non-hydrogen) atoms. The summed E-state index contributed by atoms with van der Waals surface area (Å²) in [6.07, 6.45) is 2.12. The Morgan fingerprint density at radius 2 is 2.14 bits per heavy atom. The quantitative estimate of drug-likeness (QED) is 0.859. The van der Waals surface area contributed by atoms with Crippen molar-refractivity contribution in [3.63, 3.8) is 0 Å². The third-order valence-corrected chi connectivity index (χ3v) is 4.80. The van der Waals surface area contributed by atoms with Gasteiger partial charge in [0.25, 0.3) is 5.91 Å². The second kappa shape index (κ2) is 6.31. The Morgan fingerprint density at radius 3 is 2.86 bits per heavy atom. The molecule has 0 saturated carbocycles. The Morgan fingerprint density at radius 1 is 1.33 bits per heavy atom. The van der Waals surface area contributed by atoms with E-state index in [2.05, 4.69) is 11.4 Å². The minimum absolute atomic E-state index is 0.0754. The molecule has 2 heterocycles. The highest BCUT2D eigenvalue weighted by atomic mass is 32.1. The molecule has 1 unspecified atom stereocenters. The highest BCUT2D eigenvalue weighted by Gasteiger charge is 2.30. The number of ether oxygens (including phenoxy) is 1. The smallest absolute Gasteiger partial charge is 0.261 e. The lowest BCUT2D eigenvalue weighted by molar-refractivity contribution is -0.134. The van der Waals surface area contributed by atoms with Gasteiger partial charge in [0.1, 0.15) is 5.75 Å². The highest BCUT2D eigenvalue weighted by molar-refractivity contribution is 7.10. The van der Waals surface area contributed by atoms with Crippen LogP contribution in [0, 0.1) is 6.92 Å². The molecule has 0 radical (unpaired) electrons. The summed E-state index contributed by atoms with van der Waals surface area (Å²) in [6.45, 7) is 2.98. The Kier molecular flexibility index (Phi) is 4.25. The number of hydrogen-bond acceptors (Lipinski definition) is 3. The van der Waals surface area contributed by atoms with Crippen molar-refractivity contribution < 1.29 is 9.53 Å². The summed E-state index contributed by atoms with van der Waals surface area (Å²) >= 11 is 1.72. The van der Waals surface area contributed by atoms with E-state index in [4.69, 9.17) is 4.74 Å². The van der Waals surface area contributed by atoms with Crippen LogP contribution in [0.15, 0.2) is 41.8 Å². The van der Waals surface area contributed by atoms with Crippen LogP contribution >= 0.6 is 11.3 Å². The molecule has 1 aliphatic rings. The van der Waals surface area contributed by atoms with Crippen molar-refractivity contribution >= 4 is 17.2 Å². The minimum atomic E-state index is 0.0754. The van der Waals surface area contributed by atoms with Gasteiger partial charge in [0.2, 0.25) is 0 Å². The van der Waals surface area contributed by atoms with Crippen LogP contribution in [0.2, 0.25) is 0 Å². The molecule has 0 bridgehead atoms. The van der Waals surface area contributed by atoms with Gasteiger partial charge in [0.05, 0.1) is 6.04 Å². The molecule has 1 saturated heterocycles. The fourth-order valence-electron chi connectivity index (χ4n) is 2.70. The zero-order valence-electron chi connectivity index (χ0n) is 12.1. The monoisotopic (exact) mass is 301 g/mol. The van der Waals surface area contributed by atoms with Crippen LogP contribution in [0.4, 0.5) is 0 Å². The van der Waals surface area contributed by atoms with Crippen LogP contribution in [0.5, 0.6) is 5.75 Å². The first-order chi connectivity index (χ1) is 10.2. The molecular formula is C17H19NO2S. The normalized spacial score (nSPS) is 18.0. The van der Waals surface area contributed by atoms with E-state index in [-0.39, 0.29) is 18.6 Å². The fourth-order valence-corrected chi connectivity index (χ4v) is 3.58. The average molecular weight is 301 g/mol. The average Bonchev–Trinajstić information content (AvgIpc) is 3.16. The van der Waals surface area contributed by atoms with Gasteiger partial charge >= 0.3 is 0 Å². The molecule has 1 fully saturated rings. The molecule has 2 aromatic rings. The summed E-state index contributed by atoms with van der Waals surface area (Å²) in [5.41, 5.74) is 1.19. The first-order valence-electron chi connectivity index (χ1n) is 7.26. The molecule has 1 atom stereocenters. The number of carbonyl (C=O) groups excluding carboxylic acids is 1. The predicted molar refractivity (Wildman–Crippen MR) is 84.7 cm³/mol. The molecule has 3 nitrogen and oxygen atoms in total. The first kappa shape index (κ1) is 14.1. The zero-order chi connectivity index (χ0) is 14.7. The number of likely N-dealkylation sites (tertiary alicyclic amines) is 1. The largest absolute Gasteiger partial charge is 0.484 e. The number of rotatable bonds is 4. The molecule has 1 aromatic carbocycles. The lowest BCUT2D eigenvalue weighted by Crippen LogP contribution is -2.34. The second-order valence-corrected chi connectivity index (χ2v) is 6.34. The molecule has 3 rings (SSSR count). The van der Waals surface area contributed by atoms with Crippen molar-refractivity contribution in [3.8, 4) is 5.75 Å². The standard InChI is InChI=1S/C17H19NO2S/c1-13-6-8-14(9-7-13)20-12-17(19)18-10-2-4-15(18)16-5-3-11-21-16/h3,5-9,11,15H,2,4,10,12H2,1H3. The van der Waals surface area contributed by atoms with Crippen LogP contribution in [0.3, 0.4) is 0 Å². The van der Waals surface area contributed by atoms with Gasteiger partial charge in [-0.3, -0.25) is 4.79 Å².